The van der Waals surface area contributed by atoms with Crippen molar-refractivity contribution in [2.45, 2.75) is 6.18 Å². The minimum Gasteiger partial charge on any atom is -0.497 e. The van der Waals surface area contributed by atoms with E-state index in [0.29, 0.717) is 11.4 Å². The van der Waals surface area contributed by atoms with Crippen LogP contribution in [-0.4, -0.2) is 13.1 Å². The first-order valence-electron chi connectivity index (χ1n) is 6.38. The molecule has 23 heavy (non-hydrogen) atoms. The second-order valence-corrected chi connectivity index (χ2v) is 4.93. The van der Waals surface area contributed by atoms with Crippen molar-refractivity contribution in [3.63, 3.8) is 0 Å². The Balaban J connectivity index is 2.13. The predicted octanol–water partition coefficient (Wildman–Crippen LogP) is 5.01. The van der Waals surface area contributed by atoms with E-state index in [-0.39, 0.29) is 10.7 Å². The number of carbonyl (C=O) groups excluding carboxylic acids is 1. The third-order valence-electron chi connectivity index (χ3n) is 2.88. The molecule has 0 unspecified atom stereocenters. The molecule has 0 aliphatic carbocycles. The highest BCUT2D eigenvalue weighted by Crippen LogP contribution is 2.36. The monoisotopic (exact) mass is 344 g/mol. The van der Waals surface area contributed by atoms with Gasteiger partial charge in [-0.3, -0.25) is 0 Å². The Morgan fingerprint density at radius 2 is 1.74 bits per heavy atom. The van der Waals surface area contributed by atoms with E-state index in [2.05, 4.69) is 10.6 Å². The molecule has 2 amide bonds. The maximum Gasteiger partial charge on any atom is 0.418 e. The van der Waals surface area contributed by atoms with Crippen molar-refractivity contribution in [3.8, 4) is 5.75 Å². The summed E-state index contributed by atoms with van der Waals surface area (Å²) in [4.78, 5) is 11.8. The molecular formula is C15H12ClF3N2O2. The molecule has 2 aromatic carbocycles. The molecule has 0 radical (unpaired) electrons. The van der Waals surface area contributed by atoms with Crippen LogP contribution in [0.1, 0.15) is 5.56 Å². The highest BCUT2D eigenvalue weighted by molar-refractivity contribution is 6.30. The molecule has 0 heterocycles. The summed E-state index contributed by atoms with van der Waals surface area (Å²) < 4.78 is 43.8. The molecule has 0 atom stereocenters. The molecule has 0 fully saturated rings. The van der Waals surface area contributed by atoms with Gasteiger partial charge in [-0.25, -0.2) is 4.79 Å². The molecule has 0 aliphatic rings. The van der Waals surface area contributed by atoms with Gasteiger partial charge in [0.1, 0.15) is 5.75 Å². The van der Waals surface area contributed by atoms with E-state index in [0.717, 1.165) is 12.1 Å². The van der Waals surface area contributed by atoms with Crippen molar-refractivity contribution in [3.05, 3.63) is 53.1 Å². The van der Waals surface area contributed by atoms with Crippen molar-refractivity contribution in [2.75, 3.05) is 17.7 Å². The van der Waals surface area contributed by atoms with Crippen LogP contribution < -0.4 is 15.4 Å². The minimum atomic E-state index is -4.63. The first-order chi connectivity index (χ1) is 10.8. The molecule has 4 nitrogen and oxygen atoms in total. The Bertz CT molecular complexity index is 703. The number of hydrogen-bond donors (Lipinski definition) is 2. The van der Waals surface area contributed by atoms with Gasteiger partial charge in [-0.05, 0) is 42.5 Å². The van der Waals surface area contributed by atoms with Crippen molar-refractivity contribution in [1.29, 1.82) is 0 Å². The summed E-state index contributed by atoms with van der Waals surface area (Å²) in [5.74, 6) is 0.591. The second kappa shape index (κ2) is 6.78. The lowest BCUT2D eigenvalue weighted by molar-refractivity contribution is -0.136. The molecule has 0 aromatic heterocycles. The van der Waals surface area contributed by atoms with Gasteiger partial charge in [0, 0.05) is 10.7 Å². The number of nitrogens with one attached hydrogen (secondary N) is 2. The molecule has 0 saturated heterocycles. The largest absolute Gasteiger partial charge is 0.497 e. The van der Waals surface area contributed by atoms with E-state index in [4.69, 9.17) is 16.3 Å². The molecule has 0 aliphatic heterocycles. The van der Waals surface area contributed by atoms with Crippen LogP contribution in [0.15, 0.2) is 42.5 Å². The maximum absolute atomic E-state index is 12.9. The zero-order chi connectivity index (χ0) is 17.0. The zero-order valence-corrected chi connectivity index (χ0v) is 12.6. The van der Waals surface area contributed by atoms with Crippen LogP contribution in [0.4, 0.5) is 29.3 Å². The van der Waals surface area contributed by atoms with Gasteiger partial charge in [0.15, 0.2) is 0 Å². The first-order valence-corrected chi connectivity index (χ1v) is 6.76. The van der Waals surface area contributed by atoms with Crippen molar-refractivity contribution in [2.24, 2.45) is 0 Å². The Morgan fingerprint density at radius 1 is 1.09 bits per heavy atom. The van der Waals surface area contributed by atoms with Crippen molar-refractivity contribution >= 4 is 29.0 Å². The normalized spacial score (nSPS) is 11.0. The Labute approximate surface area is 135 Å². The van der Waals surface area contributed by atoms with Crippen LogP contribution in [0.3, 0.4) is 0 Å². The number of rotatable bonds is 3. The molecule has 2 N–H and O–H groups in total. The summed E-state index contributed by atoms with van der Waals surface area (Å²) in [5, 5.41) is 4.52. The number of ether oxygens (including phenoxy) is 1. The summed E-state index contributed by atoms with van der Waals surface area (Å²) in [6, 6.07) is 8.65. The third kappa shape index (κ3) is 4.53. The fourth-order valence-corrected chi connectivity index (χ4v) is 1.99. The fraction of sp³-hybridized carbons (Fsp3) is 0.133. The molecule has 0 spiro atoms. The number of amides is 2. The zero-order valence-electron chi connectivity index (χ0n) is 11.9. The van der Waals surface area contributed by atoms with Crippen LogP contribution in [-0.2, 0) is 6.18 Å². The van der Waals surface area contributed by atoms with Crippen molar-refractivity contribution in [1.82, 2.24) is 0 Å². The van der Waals surface area contributed by atoms with Crippen LogP contribution in [0.2, 0.25) is 5.02 Å². The number of carbonyl (C=O) groups is 1. The molecule has 122 valence electrons. The van der Waals surface area contributed by atoms with Gasteiger partial charge in [-0.2, -0.15) is 13.2 Å². The average Bonchev–Trinajstić information content (AvgIpc) is 2.49. The number of methoxy groups -OCH3 is 1. The van der Waals surface area contributed by atoms with Crippen LogP contribution in [0, 0.1) is 0 Å². The van der Waals surface area contributed by atoms with Gasteiger partial charge in [0.05, 0.1) is 18.4 Å². The summed E-state index contributed by atoms with van der Waals surface area (Å²) in [6.07, 6.45) is -4.63. The number of hydrogen-bond acceptors (Lipinski definition) is 2. The Hall–Kier alpha value is -2.41. The Kier molecular flexibility index (Phi) is 5.00. The van der Waals surface area contributed by atoms with E-state index in [1.165, 1.54) is 13.2 Å². The highest BCUT2D eigenvalue weighted by atomic mass is 35.5. The van der Waals surface area contributed by atoms with Gasteiger partial charge >= 0.3 is 12.2 Å². The van der Waals surface area contributed by atoms with E-state index < -0.39 is 17.8 Å². The van der Waals surface area contributed by atoms with Crippen LogP contribution in [0.5, 0.6) is 5.75 Å². The predicted molar refractivity (Wildman–Crippen MR) is 82.1 cm³/mol. The number of anilines is 2. The third-order valence-corrected chi connectivity index (χ3v) is 3.12. The first kappa shape index (κ1) is 17.0. The molecule has 2 rings (SSSR count). The fourth-order valence-electron chi connectivity index (χ4n) is 1.82. The summed E-state index contributed by atoms with van der Waals surface area (Å²) in [6.45, 7) is 0. The molecular weight excluding hydrogens is 333 g/mol. The smallest absolute Gasteiger partial charge is 0.418 e. The lowest BCUT2D eigenvalue weighted by atomic mass is 10.1. The lowest BCUT2D eigenvalue weighted by Gasteiger charge is -2.14. The molecule has 2 aromatic rings. The minimum absolute atomic E-state index is 0.0709. The van der Waals surface area contributed by atoms with E-state index in [1.54, 1.807) is 24.3 Å². The topological polar surface area (TPSA) is 50.4 Å². The van der Waals surface area contributed by atoms with Crippen LogP contribution >= 0.6 is 11.6 Å². The van der Waals surface area contributed by atoms with E-state index in [9.17, 15) is 18.0 Å². The quantitative estimate of drug-likeness (QED) is 0.822. The van der Waals surface area contributed by atoms with Gasteiger partial charge < -0.3 is 15.4 Å². The standard InChI is InChI=1S/C15H12ClF3N2O2/c1-23-11-5-3-10(4-6-11)20-14(22)21-13-7-2-9(16)8-12(13)15(17,18)19/h2-8H,1H3,(H2,20,21,22). The van der Waals surface area contributed by atoms with E-state index in [1.807, 2.05) is 0 Å². The average molecular weight is 345 g/mol. The number of alkyl halides is 3. The van der Waals surface area contributed by atoms with Gasteiger partial charge in [-0.15, -0.1) is 0 Å². The maximum atomic E-state index is 12.9. The van der Waals surface area contributed by atoms with Gasteiger partial charge in [0.25, 0.3) is 0 Å². The van der Waals surface area contributed by atoms with Gasteiger partial charge in [0.2, 0.25) is 0 Å². The number of benzene rings is 2. The summed E-state index contributed by atoms with van der Waals surface area (Å²) >= 11 is 5.58. The molecule has 0 saturated carbocycles. The Morgan fingerprint density at radius 3 is 2.30 bits per heavy atom. The number of halogens is 4. The molecule has 0 bridgehead atoms. The van der Waals surface area contributed by atoms with Gasteiger partial charge in [-0.1, -0.05) is 11.6 Å². The summed E-state index contributed by atoms with van der Waals surface area (Å²) in [7, 11) is 1.49. The lowest BCUT2D eigenvalue weighted by Crippen LogP contribution is -2.21. The second-order valence-electron chi connectivity index (χ2n) is 4.50. The molecule has 8 heteroatoms. The highest BCUT2D eigenvalue weighted by Gasteiger charge is 2.34. The SMILES string of the molecule is COc1ccc(NC(=O)Nc2ccc(Cl)cc2C(F)(F)F)cc1. The number of urea groups is 1. The van der Waals surface area contributed by atoms with Crippen LogP contribution in [0.25, 0.3) is 0 Å². The van der Waals surface area contributed by atoms with E-state index >= 15 is 0 Å². The summed E-state index contributed by atoms with van der Waals surface area (Å²) in [5.41, 5.74) is -0.992. The van der Waals surface area contributed by atoms with Crippen molar-refractivity contribution < 1.29 is 22.7 Å².